The highest BCUT2D eigenvalue weighted by molar-refractivity contribution is 5.67. The molecule has 178 valence electrons. The van der Waals surface area contributed by atoms with E-state index >= 15 is 0 Å². The Morgan fingerprint density at radius 1 is 0.676 bits per heavy atom. The van der Waals surface area contributed by atoms with E-state index in [-0.39, 0.29) is 13.0 Å². The number of rotatable bonds is 12. The normalized spacial score (nSPS) is 22.0. The summed E-state index contributed by atoms with van der Waals surface area (Å²) < 4.78 is 24.6. The third kappa shape index (κ3) is 6.98. The van der Waals surface area contributed by atoms with Crippen LogP contribution in [-0.2, 0) is 43.6 Å². The molecule has 1 heterocycles. The predicted molar refractivity (Wildman–Crippen MR) is 127 cm³/mol. The number of hydrogen-bond acceptors (Lipinski definition) is 5. The molecule has 3 aromatic rings. The predicted octanol–water partition coefficient (Wildman–Crippen LogP) is 4.62. The number of ether oxygens (including phenoxy) is 4. The number of hydrogen-bond donors (Lipinski definition) is 1. The summed E-state index contributed by atoms with van der Waals surface area (Å²) in [7, 11) is 0. The molecular weight excluding hydrogens is 432 g/mol. The summed E-state index contributed by atoms with van der Waals surface area (Å²) >= 11 is 0. The zero-order chi connectivity index (χ0) is 23.6. The quantitative estimate of drug-likeness (QED) is 0.424. The molecule has 1 N–H and O–H groups in total. The first-order chi connectivity index (χ1) is 16.7. The second-order valence-corrected chi connectivity index (χ2v) is 8.33. The Morgan fingerprint density at radius 3 is 1.59 bits per heavy atom. The Balaban J connectivity index is 1.47. The Bertz CT molecular complexity index is 995. The largest absolute Gasteiger partial charge is 0.481 e. The lowest BCUT2D eigenvalue weighted by molar-refractivity contribution is -0.142. The van der Waals surface area contributed by atoms with Gasteiger partial charge in [-0.1, -0.05) is 91.0 Å². The van der Waals surface area contributed by atoms with Crippen LogP contribution in [0.5, 0.6) is 0 Å². The third-order valence-corrected chi connectivity index (χ3v) is 5.75. The van der Waals surface area contributed by atoms with Crippen LogP contribution in [0.3, 0.4) is 0 Å². The fourth-order valence-electron chi connectivity index (χ4n) is 4.08. The number of carboxylic acid groups (broad SMARTS) is 1. The monoisotopic (exact) mass is 462 g/mol. The Morgan fingerprint density at radius 2 is 1.12 bits per heavy atom. The van der Waals surface area contributed by atoms with Crippen molar-refractivity contribution in [1.82, 2.24) is 0 Å². The highest BCUT2D eigenvalue weighted by Crippen LogP contribution is 2.31. The van der Waals surface area contributed by atoms with Crippen LogP contribution in [-0.4, -0.2) is 42.1 Å². The van der Waals surface area contributed by atoms with Crippen molar-refractivity contribution in [3.8, 4) is 0 Å². The first-order valence-electron chi connectivity index (χ1n) is 11.5. The second-order valence-electron chi connectivity index (χ2n) is 8.33. The minimum absolute atomic E-state index is 0.167. The molecule has 3 aromatic carbocycles. The molecule has 0 aliphatic carbocycles. The summed E-state index contributed by atoms with van der Waals surface area (Å²) in [6.07, 6.45) is -2.25. The molecular formula is C28H30O6. The van der Waals surface area contributed by atoms with Crippen molar-refractivity contribution in [2.45, 2.75) is 50.7 Å². The average Bonchev–Trinajstić information content (AvgIpc) is 3.18. The van der Waals surface area contributed by atoms with E-state index in [2.05, 4.69) is 0 Å². The standard InChI is InChI=1S/C28H30O6/c29-26(30)16-24-27(32-18-22-12-6-2-7-13-22)28(33-19-23-14-8-3-9-15-23)25(34-24)20-31-17-21-10-4-1-5-11-21/h1-15,24-25,27-28H,16-20H2,(H,29,30)/t24?,25-,27-,28-/m1/s1. The second kappa shape index (κ2) is 12.4. The lowest BCUT2D eigenvalue weighted by Gasteiger charge is -2.25. The number of benzene rings is 3. The lowest BCUT2D eigenvalue weighted by Crippen LogP contribution is -2.39. The van der Waals surface area contributed by atoms with Crippen molar-refractivity contribution < 1.29 is 28.8 Å². The summed E-state index contributed by atoms with van der Waals surface area (Å²) in [6.45, 7) is 1.42. The molecule has 1 aliphatic rings. The van der Waals surface area contributed by atoms with Gasteiger partial charge in [0.15, 0.2) is 0 Å². The van der Waals surface area contributed by atoms with Crippen molar-refractivity contribution in [3.05, 3.63) is 108 Å². The van der Waals surface area contributed by atoms with Crippen LogP contribution < -0.4 is 0 Å². The maximum atomic E-state index is 11.6. The van der Waals surface area contributed by atoms with E-state index in [1.165, 1.54) is 0 Å². The molecule has 0 spiro atoms. The van der Waals surface area contributed by atoms with Crippen LogP contribution in [0.15, 0.2) is 91.0 Å². The molecule has 0 saturated carbocycles. The van der Waals surface area contributed by atoms with Gasteiger partial charge in [-0.15, -0.1) is 0 Å². The molecule has 1 aliphatic heterocycles. The minimum Gasteiger partial charge on any atom is -0.481 e. The van der Waals surface area contributed by atoms with Crippen molar-refractivity contribution in [1.29, 1.82) is 0 Å². The summed E-state index contributed by atoms with van der Waals surface area (Å²) in [4.78, 5) is 11.6. The first-order valence-corrected chi connectivity index (χ1v) is 11.5. The van der Waals surface area contributed by atoms with E-state index in [0.717, 1.165) is 16.7 Å². The van der Waals surface area contributed by atoms with E-state index < -0.39 is 30.4 Å². The molecule has 4 atom stereocenters. The zero-order valence-corrected chi connectivity index (χ0v) is 19.0. The highest BCUT2D eigenvalue weighted by Gasteiger charge is 2.47. The smallest absolute Gasteiger partial charge is 0.306 e. The molecule has 4 rings (SSSR count). The molecule has 1 unspecified atom stereocenters. The van der Waals surface area contributed by atoms with Crippen LogP contribution in [0, 0.1) is 0 Å². The number of aliphatic carboxylic acids is 1. The summed E-state index contributed by atoms with van der Waals surface area (Å²) in [6, 6.07) is 29.5. The van der Waals surface area contributed by atoms with Gasteiger partial charge in [-0.2, -0.15) is 0 Å². The van der Waals surface area contributed by atoms with Gasteiger partial charge in [0.1, 0.15) is 18.3 Å². The van der Waals surface area contributed by atoms with E-state index in [0.29, 0.717) is 19.8 Å². The van der Waals surface area contributed by atoms with Crippen LogP contribution >= 0.6 is 0 Å². The van der Waals surface area contributed by atoms with Gasteiger partial charge < -0.3 is 24.1 Å². The Kier molecular flexibility index (Phi) is 8.82. The van der Waals surface area contributed by atoms with Crippen molar-refractivity contribution in [2.75, 3.05) is 6.61 Å². The Labute approximate surface area is 200 Å². The number of carbonyl (C=O) groups is 1. The molecule has 0 radical (unpaired) electrons. The molecule has 0 bridgehead atoms. The van der Waals surface area contributed by atoms with Crippen LogP contribution in [0.2, 0.25) is 0 Å². The van der Waals surface area contributed by atoms with Crippen LogP contribution in [0.25, 0.3) is 0 Å². The molecule has 1 fully saturated rings. The molecule has 1 saturated heterocycles. The van der Waals surface area contributed by atoms with Crippen molar-refractivity contribution in [3.63, 3.8) is 0 Å². The molecule has 0 aromatic heterocycles. The van der Waals surface area contributed by atoms with Gasteiger partial charge in [0.05, 0.1) is 39.0 Å². The number of carboxylic acids is 1. The van der Waals surface area contributed by atoms with Crippen LogP contribution in [0.1, 0.15) is 23.1 Å². The fourth-order valence-corrected chi connectivity index (χ4v) is 4.08. The Hall–Kier alpha value is -3.03. The van der Waals surface area contributed by atoms with Gasteiger partial charge >= 0.3 is 5.97 Å². The van der Waals surface area contributed by atoms with E-state index in [4.69, 9.17) is 18.9 Å². The highest BCUT2D eigenvalue weighted by atomic mass is 16.6. The summed E-state index contributed by atoms with van der Waals surface area (Å²) in [5.41, 5.74) is 3.08. The van der Waals surface area contributed by atoms with Crippen LogP contribution in [0.4, 0.5) is 0 Å². The maximum Gasteiger partial charge on any atom is 0.306 e. The molecule has 0 amide bonds. The zero-order valence-electron chi connectivity index (χ0n) is 19.0. The SMILES string of the molecule is O=C(O)CC1O[C@H](COCc2ccccc2)[C@@H](OCc2ccccc2)[C@@H]1OCc1ccccc1. The molecule has 6 nitrogen and oxygen atoms in total. The van der Waals surface area contributed by atoms with E-state index in [9.17, 15) is 9.90 Å². The van der Waals surface area contributed by atoms with Crippen molar-refractivity contribution in [2.24, 2.45) is 0 Å². The van der Waals surface area contributed by atoms with E-state index in [1.807, 2.05) is 91.0 Å². The minimum atomic E-state index is -0.939. The van der Waals surface area contributed by atoms with Gasteiger partial charge in [0.2, 0.25) is 0 Å². The van der Waals surface area contributed by atoms with Gasteiger partial charge in [0.25, 0.3) is 0 Å². The first kappa shape index (κ1) is 24.1. The molecule has 34 heavy (non-hydrogen) atoms. The maximum absolute atomic E-state index is 11.6. The summed E-state index contributed by atoms with van der Waals surface area (Å²) in [5, 5.41) is 9.47. The van der Waals surface area contributed by atoms with Gasteiger partial charge in [0, 0.05) is 0 Å². The third-order valence-electron chi connectivity index (χ3n) is 5.75. The average molecular weight is 463 g/mol. The molecule has 6 heteroatoms. The van der Waals surface area contributed by atoms with E-state index in [1.54, 1.807) is 0 Å². The fraction of sp³-hybridized carbons (Fsp3) is 0.321. The van der Waals surface area contributed by atoms with Gasteiger partial charge in [-0.3, -0.25) is 4.79 Å². The van der Waals surface area contributed by atoms with Crippen molar-refractivity contribution >= 4 is 5.97 Å². The topological polar surface area (TPSA) is 74.2 Å². The van der Waals surface area contributed by atoms with Gasteiger partial charge in [-0.05, 0) is 16.7 Å². The lowest BCUT2D eigenvalue weighted by atomic mass is 10.0. The summed E-state index contributed by atoms with van der Waals surface area (Å²) in [5.74, 6) is -0.939. The van der Waals surface area contributed by atoms with Gasteiger partial charge in [-0.25, -0.2) is 0 Å².